The van der Waals surface area contributed by atoms with Gasteiger partial charge in [0.1, 0.15) is 5.75 Å². The number of benzene rings is 2. The summed E-state index contributed by atoms with van der Waals surface area (Å²) in [6, 6.07) is 11.0. The van der Waals surface area contributed by atoms with Crippen molar-refractivity contribution in [1.82, 2.24) is 5.32 Å². The first-order valence-electron chi connectivity index (χ1n) is 6.84. The first kappa shape index (κ1) is 12.9. The highest BCUT2D eigenvalue weighted by atomic mass is 16.5. The van der Waals surface area contributed by atoms with Crippen LogP contribution in [0.1, 0.15) is 23.2 Å². The second-order valence-electron chi connectivity index (χ2n) is 5.10. The van der Waals surface area contributed by atoms with Gasteiger partial charge in [-0.2, -0.15) is 0 Å². The average Bonchev–Trinajstić information content (AvgIpc) is 2.47. The summed E-state index contributed by atoms with van der Waals surface area (Å²) in [5.41, 5.74) is 0.314. The van der Waals surface area contributed by atoms with E-state index in [0.717, 1.165) is 30.2 Å². The highest BCUT2D eigenvalue weighted by Crippen LogP contribution is 2.25. The van der Waals surface area contributed by atoms with Gasteiger partial charge < -0.3 is 15.2 Å². The van der Waals surface area contributed by atoms with Crippen LogP contribution in [0, 0.1) is 0 Å². The monoisotopic (exact) mass is 271 g/mol. The summed E-state index contributed by atoms with van der Waals surface area (Å²) in [4.78, 5) is 12.3. The van der Waals surface area contributed by atoms with E-state index in [9.17, 15) is 9.90 Å². The maximum Gasteiger partial charge on any atom is 0.255 e. The van der Waals surface area contributed by atoms with Crippen molar-refractivity contribution in [1.29, 1.82) is 0 Å². The van der Waals surface area contributed by atoms with Crippen LogP contribution >= 0.6 is 0 Å². The number of hydrogen-bond donors (Lipinski definition) is 2. The van der Waals surface area contributed by atoms with Crippen molar-refractivity contribution in [2.45, 2.75) is 18.9 Å². The van der Waals surface area contributed by atoms with Gasteiger partial charge in [-0.1, -0.05) is 24.3 Å². The van der Waals surface area contributed by atoms with Crippen LogP contribution in [0.5, 0.6) is 5.75 Å². The molecule has 0 aromatic heterocycles. The van der Waals surface area contributed by atoms with Crippen LogP contribution in [0.3, 0.4) is 0 Å². The topological polar surface area (TPSA) is 58.6 Å². The van der Waals surface area contributed by atoms with Gasteiger partial charge in [-0.3, -0.25) is 4.79 Å². The third-order valence-electron chi connectivity index (χ3n) is 3.60. The number of hydrogen-bond acceptors (Lipinski definition) is 3. The zero-order valence-corrected chi connectivity index (χ0v) is 11.1. The molecule has 1 heterocycles. The van der Waals surface area contributed by atoms with Crippen molar-refractivity contribution < 1.29 is 14.6 Å². The SMILES string of the molecule is O=C(NC1CCCOC1)c1cc2ccccc2cc1O. The van der Waals surface area contributed by atoms with Gasteiger partial charge in [-0.25, -0.2) is 0 Å². The Hall–Kier alpha value is -2.07. The number of amides is 1. The lowest BCUT2D eigenvalue weighted by atomic mass is 10.0. The van der Waals surface area contributed by atoms with Crippen LogP contribution in [-0.4, -0.2) is 30.3 Å². The molecule has 0 spiro atoms. The fourth-order valence-electron chi connectivity index (χ4n) is 2.53. The average molecular weight is 271 g/mol. The Morgan fingerprint density at radius 1 is 1.25 bits per heavy atom. The minimum absolute atomic E-state index is 0.0120. The highest BCUT2D eigenvalue weighted by molar-refractivity contribution is 6.01. The zero-order chi connectivity index (χ0) is 13.9. The van der Waals surface area contributed by atoms with Gasteiger partial charge in [0.15, 0.2) is 0 Å². The Bertz CT molecular complexity index is 633. The fourth-order valence-corrected chi connectivity index (χ4v) is 2.53. The van der Waals surface area contributed by atoms with E-state index >= 15 is 0 Å². The van der Waals surface area contributed by atoms with E-state index in [1.807, 2.05) is 24.3 Å². The van der Waals surface area contributed by atoms with Crippen molar-refractivity contribution in [2.24, 2.45) is 0 Å². The van der Waals surface area contributed by atoms with Gasteiger partial charge in [0.2, 0.25) is 0 Å². The van der Waals surface area contributed by atoms with Crippen molar-refractivity contribution in [3.63, 3.8) is 0 Å². The number of ether oxygens (including phenoxy) is 1. The molecule has 1 amide bonds. The molecule has 1 atom stereocenters. The van der Waals surface area contributed by atoms with Gasteiger partial charge >= 0.3 is 0 Å². The van der Waals surface area contributed by atoms with E-state index < -0.39 is 0 Å². The van der Waals surface area contributed by atoms with Crippen molar-refractivity contribution in [3.8, 4) is 5.75 Å². The van der Waals surface area contributed by atoms with Crippen LogP contribution in [0.25, 0.3) is 10.8 Å². The van der Waals surface area contributed by atoms with Gasteiger partial charge in [0.05, 0.1) is 18.2 Å². The lowest BCUT2D eigenvalue weighted by Crippen LogP contribution is -2.40. The molecule has 4 nitrogen and oxygen atoms in total. The Morgan fingerprint density at radius 2 is 2.00 bits per heavy atom. The standard InChI is InChI=1S/C16H17NO3/c18-15-9-12-5-2-1-4-11(12)8-14(15)16(19)17-13-6-3-7-20-10-13/h1-2,4-5,8-9,13,18H,3,6-7,10H2,(H,17,19). The molecule has 3 rings (SSSR count). The maximum atomic E-state index is 12.3. The number of carbonyl (C=O) groups is 1. The molecule has 1 fully saturated rings. The number of fused-ring (bicyclic) bond motifs is 1. The summed E-state index contributed by atoms with van der Waals surface area (Å²) >= 11 is 0. The predicted molar refractivity (Wildman–Crippen MR) is 76.9 cm³/mol. The van der Waals surface area contributed by atoms with Gasteiger partial charge in [0, 0.05) is 6.61 Å². The first-order chi connectivity index (χ1) is 9.74. The molecular formula is C16H17NO3. The Kier molecular flexibility index (Phi) is 3.56. The first-order valence-corrected chi connectivity index (χ1v) is 6.84. The van der Waals surface area contributed by atoms with Crippen LogP contribution in [0.4, 0.5) is 0 Å². The number of phenols is 1. The van der Waals surface area contributed by atoms with E-state index in [-0.39, 0.29) is 17.7 Å². The Morgan fingerprint density at radius 3 is 2.70 bits per heavy atom. The largest absolute Gasteiger partial charge is 0.507 e. The van der Waals surface area contributed by atoms with Gasteiger partial charge in [0.25, 0.3) is 5.91 Å². The summed E-state index contributed by atoms with van der Waals surface area (Å²) in [5, 5.41) is 14.8. The summed E-state index contributed by atoms with van der Waals surface area (Å²) < 4.78 is 5.34. The normalized spacial score (nSPS) is 18.9. The van der Waals surface area contributed by atoms with Crippen molar-refractivity contribution >= 4 is 16.7 Å². The molecule has 2 aromatic carbocycles. The van der Waals surface area contributed by atoms with Crippen molar-refractivity contribution in [3.05, 3.63) is 42.0 Å². The molecule has 0 aliphatic carbocycles. The lowest BCUT2D eigenvalue weighted by Gasteiger charge is -2.23. The molecule has 1 aliphatic heterocycles. The third kappa shape index (κ3) is 2.60. The minimum Gasteiger partial charge on any atom is -0.507 e. The van der Waals surface area contributed by atoms with E-state index in [1.54, 1.807) is 12.1 Å². The number of carbonyl (C=O) groups excluding carboxylic acids is 1. The second-order valence-corrected chi connectivity index (χ2v) is 5.10. The number of aromatic hydroxyl groups is 1. The molecule has 2 N–H and O–H groups in total. The van der Waals surface area contributed by atoms with Crippen molar-refractivity contribution in [2.75, 3.05) is 13.2 Å². The maximum absolute atomic E-state index is 12.3. The summed E-state index contributed by atoms with van der Waals surface area (Å²) in [6.07, 6.45) is 1.87. The molecule has 0 radical (unpaired) electrons. The van der Waals surface area contributed by atoms with E-state index in [2.05, 4.69) is 5.32 Å². The summed E-state index contributed by atoms with van der Waals surface area (Å²) in [6.45, 7) is 1.30. The molecule has 1 saturated heterocycles. The quantitative estimate of drug-likeness (QED) is 0.882. The lowest BCUT2D eigenvalue weighted by molar-refractivity contribution is 0.0623. The third-order valence-corrected chi connectivity index (χ3v) is 3.60. The molecule has 4 heteroatoms. The molecule has 20 heavy (non-hydrogen) atoms. The highest BCUT2D eigenvalue weighted by Gasteiger charge is 2.19. The Balaban J connectivity index is 1.84. The molecule has 0 bridgehead atoms. The number of rotatable bonds is 2. The molecule has 0 saturated carbocycles. The van der Waals surface area contributed by atoms with E-state index in [0.29, 0.717) is 12.2 Å². The molecule has 104 valence electrons. The van der Waals surface area contributed by atoms with E-state index in [1.165, 1.54) is 0 Å². The van der Waals surface area contributed by atoms with Crippen LogP contribution < -0.4 is 5.32 Å². The smallest absolute Gasteiger partial charge is 0.255 e. The predicted octanol–water partition coefficient (Wildman–Crippen LogP) is 2.45. The summed E-state index contributed by atoms with van der Waals surface area (Å²) in [7, 11) is 0. The van der Waals surface area contributed by atoms with Crippen LogP contribution in [0.15, 0.2) is 36.4 Å². The fraction of sp³-hybridized carbons (Fsp3) is 0.312. The Labute approximate surface area is 117 Å². The minimum atomic E-state index is -0.247. The van der Waals surface area contributed by atoms with E-state index in [4.69, 9.17) is 4.74 Å². The number of phenolic OH excluding ortho intramolecular Hbond substituents is 1. The second kappa shape index (κ2) is 5.51. The molecule has 2 aromatic rings. The number of nitrogens with one attached hydrogen (secondary N) is 1. The van der Waals surface area contributed by atoms with Crippen LogP contribution in [-0.2, 0) is 4.74 Å². The zero-order valence-electron chi connectivity index (χ0n) is 11.1. The molecule has 1 unspecified atom stereocenters. The summed E-state index contributed by atoms with van der Waals surface area (Å²) in [5.74, 6) is -0.235. The van der Waals surface area contributed by atoms with Crippen LogP contribution in [0.2, 0.25) is 0 Å². The molecular weight excluding hydrogens is 254 g/mol. The molecule has 1 aliphatic rings. The van der Waals surface area contributed by atoms with Gasteiger partial charge in [-0.05, 0) is 35.7 Å². The van der Waals surface area contributed by atoms with Gasteiger partial charge in [-0.15, -0.1) is 0 Å².